The molecule has 0 saturated carbocycles. The molecule has 2 saturated heterocycles. The maximum absolute atomic E-state index is 13.2. The van der Waals surface area contributed by atoms with Crippen LogP contribution in [0.4, 0.5) is 0 Å². The van der Waals surface area contributed by atoms with Crippen molar-refractivity contribution in [3.63, 3.8) is 0 Å². The highest BCUT2D eigenvalue weighted by atomic mass is 79.9. The minimum absolute atomic E-state index is 0.0882. The molecule has 2 aromatic carbocycles. The number of carbonyl (C=O) groups is 1. The molecule has 0 radical (unpaired) electrons. The first kappa shape index (κ1) is 25.9. The van der Waals surface area contributed by atoms with Crippen LogP contribution >= 0.6 is 15.9 Å². The molecular formula is C30H35BrN4O2. The van der Waals surface area contributed by atoms with Crippen LogP contribution < -0.4 is 5.48 Å². The van der Waals surface area contributed by atoms with Crippen LogP contribution in [0.15, 0.2) is 70.8 Å². The van der Waals surface area contributed by atoms with Gasteiger partial charge in [0.2, 0.25) is 0 Å². The van der Waals surface area contributed by atoms with E-state index < -0.39 is 0 Å². The molecule has 1 aromatic heterocycles. The van der Waals surface area contributed by atoms with Crippen LogP contribution in [-0.4, -0.2) is 59.0 Å². The van der Waals surface area contributed by atoms with Gasteiger partial charge in [-0.25, -0.2) is 0 Å². The van der Waals surface area contributed by atoms with Crippen molar-refractivity contribution in [1.29, 1.82) is 0 Å². The summed E-state index contributed by atoms with van der Waals surface area (Å²) in [5, 5.41) is 1.01. The number of pyridine rings is 1. The number of nitrogens with one attached hydrogen (secondary N) is 1. The van der Waals surface area contributed by atoms with E-state index in [2.05, 4.69) is 62.5 Å². The fourth-order valence-corrected chi connectivity index (χ4v) is 5.81. The van der Waals surface area contributed by atoms with E-state index in [0.29, 0.717) is 12.2 Å². The van der Waals surface area contributed by atoms with E-state index in [1.807, 2.05) is 42.2 Å². The Morgan fingerprint density at radius 3 is 2.43 bits per heavy atom. The number of hydroxylamine groups is 1. The number of hydrogen-bond acceptors (Lipinski definition) is 5. The lowest BCUT2D eigenvalue weighted by Gasteiger charge is -2.48. The van der Waals surface area contributed by atoms with Crippen LogP contribution in [0.5, 0.6) is 0 Å². The average molecular weight is 564 g/mol. The molecule has 0 bridgehead atoms. The highest BCUT2D eigenvalue weighted by molar-refractivity contribution is 9.10. The van der Waals surface area contributed by atoms with Crippen molar-refractivity contribution in [2.75, 3.05) is 32.8 Å². The lowest BCUT2D eigenvalue weighted by molar-refractivity contribution is 0.0256. The third kappa shape index (κ3) is 5.74. The summed E-state index contributed by atoms with van der Waals surface area (Å²) in [5.74, 6) is 0.0882. The molecular weight excluding hydrogens is 528 g/mol. The van der Waals surface area contributed by atoms with Gasteiger partial charge in [-0.15, -0.1) is 0 Å². The number of carbonyl (C=O) groups excluding carboxylic acids is 1. The van der Waals surface area contributed by atoms with Gasteiger partial charge in [0.05, 0.1) is 23.4 Å². The molecule has 194 valence electrons. The second kappa shape index (κ2) is 11.3. The van der Waals surface area contributed by atoms with Crippen molar-refractivity contribution < 1.29 is 9.63 Å². The number of rotatable bonds is 6. The summed E-state index contributed by atoms with van der Waals surface area (Å²) in [6.07, 6.45) is 5.69. The van der Waals surface area contributed by atoms with Crippen LogP contribution in [0.2, 0.25) is 0 Å². The van der Waals surface area contributed by atoms with E-state index in [0.717, 1.165) is 78.5 Å². The van der Waals surface area contributed by atoms with E-state index in [4.69, 9.17) is 4.84 Å². The number of piperidine rings is 2. The lowest BCUT2D eigenvalue weighted by Crippen LogP contribution is -2.56. The molecule has 2 fully saturated rings. The van der Waals surface area contributed by atoms with Crippen molar-refractivity contribution >= 4 is 38.4 Å². The summed E-state index contributed by atoms with van der Waals surface area (Å²) >= 11 is 3.53. The van der Waals surface area contributed by atoms with E-state index in [1.165, 1.54) is 5.57 Å². The summed E-state index contributed by atoms with van der Waals surface area (Å²) in [7, 11) is 0. The predicted molar refractivity (Wildman–Crippen MR) is 152 cm³/mol. The molecule has 1 amide bonds. The number of para-hydroxylation sites is 1. The number of benzene rings is 2. The molecule has 0 unspecified atom stereocenters. The van der Waals surface area contributed by atoms with E-state index in [1.54, 1.807) is 6.20 Å². The number of hydrogen-bond donors (Lipinski definition) is 1. The highest BCUT2D eigenvalue weighted by Gasteiger charge is 2.38. The summed E-state index contributed by atoms with van der Waals surface area (Å²) in [6, 6.07) is 18.3. The van der Waals surface area contributed by atoms with Crippen LogP contribution in [-0.2, 0) is 4.84 Å². The fourth-order valence-electron chi connectivity index (χ4n) is 5.54. The van der Waals surface area contributed by atoms with Crippen molar-refractivity contribution in [1.82, 2.24) is 20.3 Å². The average Bonchev–Trinajstić information content (AvgIpc) is 2.94. The summed E-state index contributed by atoms with van der Waals surface area (Å²) in [4.78, 5) is 28.0. The zero-order chi connectivity index (χ0) is 25.8. The van der Waals surface area contributed by atoms with Gasteiger partial charge in [-0.05, 0) is 74.9 Å². The Labute approximate surface area is 227 Å². The Morgan fingerprint density at radius 2 is 1.73 bits per heavy atom. The zero-order valence-electron chi connectivity index (χ0n) is 21.7. The number of likely N-dealkylation sites (tertiary alicyclic amines) is 2. The molecule has 0 aliphatic carbocycles. The molecule has 7 heteroatoms. The van der Waals surface area contributed by atoms with E-state index >= 15 is 0 Å². The van der Waals surface area contributed by atoms with Crippen molar-refractivity contribution in [3.8, 4) is 0 Å². The van der Waals surface area contributed by atoms with Crippen LogP contribution in [0.3, 0.4) is 0 Å². The molecule has 37 heavy (non-hydrogen) atoms. The van der Waals surface area contributed by atoms with Gasteiger partial charge in [-0.3, -0.25) is 25.0 Å². The van der Waals surface area contributed by atoms with Gasteiger partial charge in [0.1, 0.15) is 0 Å². The van der Waals surface area contributed by atoms with Gasteiger partial charge in [-0.2, -0.15) is 0 Å². The summed E-state index contributed by atoms with van der Waals surface area (Å²) in [5.41, 5.74) is 8.59. The minimum atomic E-state index is 0.0882. The van der Waals surface area contributed by atoms with Crippen molar-refractivity contribution in [3.05, 3.63) is 82.0 Å². The van der Waals surface area contributed by atoms with Crippen molar-refractivity contribution in [2.45, 2.75) is 45.1 Å². The third-order valence-corrected chi connectivity index (χ3v) is 8.43. The van der Waals surface area contributed by atoms with Crippen molar-refractivity contribution in [2.24, 2.45) is 0 Å². The standard InChI is InChI=1S/C30H35BrN4O2/c1-3-37-33-28(22-8-10-26(31)11-9-22)23-12-16-35(17-13-23)30(2)14-18-34(19-15-30)29(36)25-20-24-6-4-5-7-27(24)32-21-25/h4-11,20-21,33H,3,12-19H2,1-2H3. The molecule has 6 nitrogen and oxygen atoms in total. The first-order chi connectivity index (χ1) is 18.0. The van der Waals surface area contributed by atoms with Crippen LogP contribution in [0, 0.1) is 0 Å². The van der Waals surface area contributed by atoms with Gasteiger partial charge in [0.25, 0.3) is 5.91 Å². The Hall–Kier alpha value is -2.74. The maximum atomic E-state index is 13.2. The van der Waals surface area contributed by atoms with E-state index in [-0.39, 0.29) is 11.4 Å². The monoisotopic (exact) mass is 562 g/mol. The Balaban J connectivity index is 1.22. The lowest BCUT2D eigenvalue weighted by atomic mass is 9.85. The number of halogens is 1. The summed E-state index contributed by atoms with van der Waals surface area (Å²) in [6.45, 7) is 8.56. The quantitative estimate of drug-likeness (QED) is 0.371. The van der Waals surface area contributed by atoms with Gasteiger partial charge in [0.15, 0.2) is 0 Å². The number of aromatic nitrogens is 1. The number of fused-ring (bicyclic) bond motifs is 1. The Kier molecular flexibility index (Phi) is 7.93. The molecule has 2 aliphatic heterocycles. The zero-order valence-corrected chi connectivity index (χ0v) is 23.3. The molecule has 3 aromatic rings. The molecule has 5 rings (SSSR count). The third-order valence-electron chi connectivity index (χ3n) is 7.90. The molecule has 2 aliphatic rings. The Morgan fingerprint density at radius 1 is 1.03 bits per heavy atom. The molecule has 1 N–H and O–H groups in total. The van der Waals surface area contributed by atoms with E-state index in [9.17, 15) is 4.79 Å². The fraction of sp³-hybridized carbons (Fsp3) is 0.400. The minimum Gasteiger partial charge on any atom is -0.338 e. The van der Waals surface area contributed by atoms with Gasteiger partial charge in [-0.1, -0.05) is 46.3 Å². The van der Waals surface area contributed by atoms with Crippen LogP contribution in [0.25, 0.3) is 16.6 Å². The number of amides is 1. The topological polar surface area (TPSA) is 57.7 Å². The Bertz CT molecular complexity index is 1270. The summed E-state index contributed by atoms with van der Waals surface area (Å²) < 4.78 is 1.07. The molecule has 3 heterocycles. The van der Waals surface area contributed by atoms with Gasteiger partial charge in [0, 0.05) is 47.8 Å². The molecule has 0 spiro atoms. The second-order valence-corrected chi connectivity index (χ2v) is 11.1. The predicted octanol–water partition coefficient (Wildman–Crippen LogP) is 6.04. The van der Waals surface area contributed by atoms with Gasteiger partial charge >= 0.3 is 0 Å². The van der Waals surface area contributed by atoms with Crippen LogP contribution in [0.1, 0.15) is 55.5 Å². The second-order valence-electron chi connectivity index (χ2n) is 10.2. The smallest absolute Gasteiger partial charge is 0.255 e. The largest absolute Gasteiger partial charge is 0.338 e. The first-order valence-electron chi connectivity index (χ1n) is 13.2. The first-order valence-corrected chi connectivity index (χ1v) is 14.0. The van der Waals surface area contributed by atoms with Gasteiger partial charge < -0.3 is 4.90 Å². The molecule has 0 atom stereocenters. The maximum Gasteiger partial charge on any atom is 0.255 e. The normalized spacial score (nSPS) is 18.1. The highest BCUT2D eigenvalue weighted by Crippen LogP contribution is 2.34. The number of nitrogens with zero attached hydrogens (tertiary/aromatic N) is 3. The SMILES string of the molecule is CCONC(=C1CCN(C2(C)CCN(C(=O)c3cnc4ccccc4c3)CC2)CC1)c1ccc(Br)cc1.